The molecule has 1 aromatic rings. The summed E-state index contributed by atoms with van der Waals surface area (Å²) < 4.78 is 5.51. The molecule has 0 aromatic heterocycles. The molecule has 0 aliphatic heterocycles. The lowest BCUT2D eigenvalue weighted by atomic mass is 10.1. The number of carbonyl (C=O) groups is 1. The number of amides is 1. The van der Waals surface area contributed by atoms with Gasteiger partial charge in [-0.2, -0.15) is 0 Å². The lowest BCUT2D eigenvalue weighted by Gasteiger charge is -2.10. The molecule has 0 saturated heterocycles. The van der Waals surface area contributed by atoms with Crippen molar-refractivity contribution in [2.45, 2.75) is 73.6 Å². The summed E-state index contributed by atoms with van der Waals surface area (Å²) in [4.78, 5) is 11.8. The van der Waals surface area contributed by atoms with E-state index in [4.69, 9.17) is 10.5 Å². The van der Waals surface area contributed by atoms with Crippen molar-refractivity contribution in [3.63, 3.8) is 0 Å². The molecule has 0 saturated carbocycles. The van der Waals surface area contributed by atoms with Crippen LogP contribution in [0, 0.1) is 0 Å². The highest BCUT2D eigenvalue weighted by atomic mass is 16.5. The zero-order valence-corrected chi connectivity index (χ0v) is 18.9. The van der Waals surface area contributed by atoms with Crippen molar-refractivity contribution in [2.24, 2.45) is 5.73 Å². The van der Waals surface area contributed by atoms with Crippen LogP contribution in [-0.4, -0.2) is 19.1 Å². The number of ether oxygens (including phenoxy) is 1. The fourth-order valence-electron chi connectivity index (χ4n) is 2.28. The summed E-state index contributed by atoms with van der Waals surface area (Å²) in [6, 6.07) is 7.89. The molecule has 160 valence electrons. The lowest BCUT2D eigenvalue weighted by molar-refractivity contribution is -0.122. The zero-order valence-electron chi connectivity index (χ0n) is 18.9. The fraction of sp³-hybridized carbons (Fsp3) is 0.542. The Hall–Kier alpha value is -2.07. The first-order valence-corrected chi connectivity index (χ1v) is 10.9. The van der Waals surface area contributed by atoms with Crippen LogP contribution < -0.4 is 15.8 Å². The molecule has 3 N–H and O–H groups in total. The summed E-state index contributed by atoms with van der Waals surface area (Å²) >= 11 is 0. The molecule has 1 amide bonds. The van der Waals surface area contributed by atoms with Crippen molar-refractivity contribution in [1.82, 2.24) is 5.32 Å². The minimum atomic E-state index is -0.134. The van der Waals surface area contributed by atoms with Crippen molar-refractivity contribution in [2.75, 3.05) is 13.2 Å². The van der Waals surface area contributed by atoms with E-state index < -0.39 is 0 Å². The highest BCUT2D eigenvalue weighted by Gasteiger charge is 2.05. The van der Waals surface area contributed by atoms with E-state index in [2.05, 4.69) is 11.4 Å². The standard InChI is InChI=1S/C18H24N2O2.3C2H6/c19-13-5-4-6-15-9-11-17(12-10-15)22-14-18(21)20-16-7-2-1-3-8-16;3*1-2/h2,7-12H,1,3-6,13-14,19H2,(H,20,21);3*1-2H3. The van der Waals surface area contributed by atoms with Crippen molar-refractivity contribution in [3.05, 3.63) is 53.8 Å². The molecule has 0 fully saturated rings. The van der Waals surface area contributed by atoms with Crippen molar-refractivity contribution in [3.8, 4) is 5.75 Å². The molecular weight excluding hydrogens is 348 g/mol. The highest BCUT2D eigenvalue weighted by molar-refractivity contribution is 5.79. The van der Waals surface area contributed by atoms with Gasteiger partial charge in [-0.15, -0.1) is 0 Å². The quantitative estimate of drug-likeness (QED) is 0.553. The second-order valence-electron chi connectivity index (χ2n) is 5.37. The van der Waals surface area contributed by atoms with Crippen LogP contribution >= 0.6 is 0 Å². The average Bonchev–Trinajstić information content (AvgIpc) is 2.78. The Morgan fingerprint density at radius 2 is 1.64 bits per heavy atom. The summed E-state index contributed by atoms with van der Waals surface area (Å²) in [5, 5.41) is 2.83. The second kappa shape index (κ2) is 21.2. The van der Waals surface area contributed by atoms with Crippen LogP contribution in [0.15, 0.2) is 48.2 Å². The predicted molar refractivity (Wildman–Crippen MR) is 123 cm³/mol. The molecule has 28 heavy (non-hydrogen) atoms. The molecular formula is C24H42N2O2. The molecule has 1 aliphatic carbocycles. The SMILES string of the molecule is CC.CC.CC.NCCCCc1ccc(OCC(=O)NC2=CCCC=C2)cc1. The third-order valence-corrected chi connectivity index (χ3v) is 3.49. The first-order valence-electron chi connectivity index (χ1n) is 10.9. The van der Waals surface area contributed by atoms with Crippen LogP contribution in [0.3, 0.4) is 0 Å². The van der Waals surface area contributed by atoms with Crippen LogP contribution in [-0.2, 0) is 11.2 Å². The maximum absolute atomic E-state index is 11.8. The number of allylic oxidation sites excluding steroid dienone is 3. The fourth-order valence-corrected chi connectivity index (χ4v) is 2.28. The first kappa shape index (κ1) is 28.1. The Morgan fingerprint density at radius 3 is 2.18 bits per heavy atom. The van der Waals surface area contributed by atoms with Gasteiger partial charge in [-0.3, -0.25) is 4.79 Å². The number of nitrogens with one attached hydrogen (secondary N) is 1. The molecule has 0 bridgehead atoms. The topological polar surface area (TPSA) is 64.3 Å². The van der Waals surface area contributed by atoms with E-state index in [0.717, 1.165) is 44.3 Å². The molecule has 0 radical (unpaired) electrons. The normalized spacial score (nSPS) is 11.3. The number of carbonyl (C=O) groups excluding carboxylic acids is 1. The maximum Gasteiger partial charge on any atom is 0.262 e. The van der Waals surface area contributed by atoms with Gasteiger partial charge < -0.3 is 15.8 Å². The minimum absolute atomic E-state index is 0.0255. The zero-order chi connectivity index (χ0) is 21.6. The smallest absolute Gasteiger partial charge is 0.262 e. The van der Waals surface area contributed by atoms with Crippen LogP contribution in [0.2, 0.25) is 0 Å². The monoisotopic (exact) mass is 390 g/mol. The number of hydrogen-bond donors (Lipinski definition) is 2. The number of aryl methyl sites for hydroxylation is 1. The minimum Gasteiger partial charge on any atom is -0.484 e. The average molecular weight is 391 g/mol. The Morgan fingerprint density at radius 1 is 1.00 bits per heavy atom. The predicted octanol–water partition coefficient (Wildman–Crippen LogP) is 5.78. The number of unbranched alkanes of at least 4 members (excludes halogenated alkanes) is 1. The van der Waals surface area contributed by atoms with Crippen LogP contribution in [0.25, 0.3) is 0 Å². The van der Waals surface area contributed by atoms with Gasteiger partial charge in [0.25, 0.3) is 5.91 Å². The van der Waals surface area contributed by atoms with Crippen LogP contribution in [0.4, 0.5) is 0 Å². The summed E-state index contributed by atoms with van der Waals surface area (Å²) in [5.41, 5.74) is 7.61. The second-order valence-corrected chi connectivity index (χ2v) is 5.37. The van der Waals surface area contributed by atoms with E-state index in [1.165, 1.54) is 5.56 Å². The number of rotatable bonds is 8. The van der Waals surface area contributed by atoms with Gasteiger partial charge in [-0.1, -0.05) is 65.8 Å². The lowest BCUT2D eigenvalue weighted by Crippen LogP contribution is -2.28. The maximum atomic E-state index is 11.8. The molecule has 0 heterocycles. The summed E-state index contributed by atoms with van der Waals surface area (Å²) in [5.74, 6) is 0.579. The molecule has 0 atom stereocenters. The van der Waals surface area contributed by atoms with E-state index in [-0.39, 0.29) is 12.5 Å². The largest absolute Gasteiger partial charge is 0.484 e. The Balaban J connectivity index is 0. The van der Waals surface area contributed by atoms with E-state index in [0.29, 0.717) is 5.75 Å². The highest BCUT2D eigenvalue weighted by Crippen LogP contribution is 2.14. The van der Waals surface area contributed by atoms with Gasteiger partial charge in [0.1, 0.15) is 5.75 Å². The number of nitrogens with two attached hydrogens (primary N) is 1. The van der Waals surface area contributed by atoms with Crippen LogP contribution in [0.5, 0.6) is 5.75 Å². The first-order chi connectivity index (χ1) is 13.8. The molecule has 2 rings (SSSR count). The van der Waals surface area contributed by atoms with Crippen LogP contribution in [0.1, 0.15) is 72.8 Å². The summed E-state index contributed by atoms with van der Waals surface area (Å²) in [6.07, 6.45) is 11.2. The van der Waals surface area contributed by atoms with E-state index in [1.54, 1.807) is 0 Å². The molecule has 0 spiro atoms. The molecule has 4 heteroatoms. The third-order valence-electron chi connectivity index (χ3n) is 3.49. The van der Waals surface area contributed by atoms with Gasteiger partial charge in [0, 0.05) is 5.70 Å². The van der Waals surface area contributed by atoms with Gasteiger partial charge in [0.2, 0.25) is 0 Å². The number of hydrogen-bond acceptors (Lipinski definition) is 3. The van der Waals surface area contributed by atoms with Gasteiger partial charge in [0.05, 0.1) is 0 Å². The Kier molecular flexibility index (Phi) is 21.3. The van der Waals surface area contributed by atoms with E-state index in [9.17, 15) is 4.79 Å². The number of benzene rings is 1. The van der Waals surface area contributed by atoms with Crippen molar-refractivity contribution < 1.29 is 9.53 Å². The summed E-state index contributed by atoms with van der Waals surface area (Å²) in [6.45, 7) is 12.8. The molecule has 0 unspecified atom stereocenters. The van der Waals surface area contributed by atoms with E-state index >= 15 is 0 Å². The molecule has 4 nitrogen and oxygen atoms in total. The molecule has 1 aromatic carbocycles. The van der Waals surface area contributed by atoms with Crippen molar-refractivity contribution in [1.29, 1.82) is 0 Å². The van der Waals surface area contributed by atoms with Crippen molar-refractivity contribution >= 4 is 5.91 Å². The van der Waals surface area contributed by atoms with Gasteiger partial charge in [0.15, 0.2) is 6.61 Å². The Labute approximate surface area is 173 Å². The summed E-state index contributed by atoms with van der Waals surface area (Å²) in [7, 11) is 0. The Bertz CT molecular complexity index is 534. The van der Waals surface area contributed by atoms with Gasteiger partial charge in [-0.05, 0) is 62.4 Å². The molecule has 1 aliphatic rings. The van der Waals surface area contributed by atoms with E-state index in [1.807, 2.05) is 78.0 Å². The third kappa shape index (κ3) is 14.0. The van der Waals surface area contributed by atoms with Gasteiger partial charge >= 0.3 is 0 Å². The van der Waals surface area contributed by atoms with Gasteiger partial charge in [-0.25, -0.2) is 0 Å².